The summed E-state index contributed by atoms with van der Waals surface area (Å²) in [5.41, 5.74) is -2.68. The van der Waals surface area contributed by atoms with Crippen LogP contribution in [-0.2, 0) is 4.84 Å². The largest absolute Gasteiger partial charge is 0.506 e. The molecule has 0 spiro atoms. The number of carbonyl (C=O) groups is 4. The zero-order valence-corrected chi connectivity index (χ0v) is 16.6. The lowest BCUT2D eigenvalue weighted by atomic mass is 9.82. The molecule has 12 nitrogen and oxygen atoms in total. The highest BCUT2D eigenvalue weighted by Crippen LogP contribution is 2.49. The molecule has 3 aromatic carbocycles. The Hall–Kier alpha value is -5.10. The number of hydrogen-bond acceptors (Lipinski definition) is 11. The number of Topliss-reactive ketones (excluding diaryl/α,β-unsaturated/α-hetero) is 2. The lowest BCUT2D eigenvalue weighted by Crippen LogP contribution is -2.21. The van der Waals surface area contributed by atoms with E-state index in [0.29, 0.717) is 0 Å². The van der Waals surface area contributed by atoms with E-state index >= 15 is 0 Å². The van der Waals surface area contributed by atoms with Crippen LogP contribution in [0.3, 0.4) is 0 Å². The number of fused-ring (bicyclic) bond motifs is 6. The Kier molecular flexibility index (Phi) is 4.09. The average molecular weight is 465 g/mol. The van der Waals surface area contributed by atoms with Crippen LogP contribution in [0, 0.1) is 0 Å². The Balaban J connectivity index is 1.95. The van der Waals surface area contributed by atoms with Crippen molar-refractivity contribution in [3.8, 4) is 34.1 Å². The van der Waals surface area contributed by atoms with E-state index < -0.39 is 63.2 Å². The molecule has 0 saturated carbocycles. The van der Waals surface area contributed by atoms with Gasteiger partial charge in [-0.25, -0.2) is 9.59 Å². The van der Waals surface area contributed by atoms with Gasteiger partial charge in [-0.1, -0.05) is 0 Å². The van der Waals surface area contributed by atoms with Gasteiger partial charge in [0.05, 0.1) is 21.9 Å². The SMILES string of the molecule is NOC(=O)c1cc2oc3cc4c(c(O)c3c2c(O)c1C(=O)O)C(=O)C(=O)c1cc(O)c(O)cc1-4. The maximum Gasteiger partial charge on any atom is 0.357 e. The van der Waals surface area contributed by atoms with Gasteiger partial charge in [-0.15, -0.1) is 0 Å². The summed E-state index contributed by atoms with van der Waals surface area (Å²) >= 11 is 0. The van der Waals surface area contributed by atoms with Gasteiger partial charge in [-0.2, -0.15) is 5.90 Å². The number of carboxylic acids is 1. The van der Waals surface area contributed by atoms with Crippen LogP contribution in [0.4, 0.5) is 0 Å². The number of benzene rings is 3. The minimum atomic E-state index is -1.72. The molecule has 0 fully saturated rings. The highest BCUT2D eigenvalue weighted by molar-refractivity contribution is 6.54. The minimum absolute atomic E-state index is 0.00963. The maximum absolute atomic E-state index is 12.8. The first-order chi connectivity index (χ1) is 16.1. The number of nitrogens with two attached hydrogens (primary N) is 1. The van der Waals surface area contributed by atoms with Gasteiger partial charge in [0, 0.05) is 11.1 Å². The van der Waals surface area contributed by atoms with E-state index in [1.807, 2.05) is 0 Å². The third kappa shape index (κ3) is 2.50. The lowest BCUT2D eigenvalue weighted by molar-refractivity contribution is 0.0492. The quantitative estimate of drug-likeness (QED) is 0.143. The predicted octanol–water partition coefficient (Wildman–Crippen LogP) is 2.18. The molecule has 4 aromatic rings. The molecular weight excluding hydrogens is 454 g/mol. The second-order valence-electron chi connectivity index (χ2n) is 7.40. The summed E-state index contributed by atoms with van der Waals surface area (Å²) < 4.78 is 5.61. The molecule has 34 heavy (non-hydrogen) atoms. The van der Waals surface area contributed by atoms with Crippen molar-refractivity contribution >= 4 is 45.4 Å². The maximum atomic E-state index is 12.8. The Morgan fingerprint density at radius 3 is 2.00 bits per heavy atom. The number of phenols is 4. The fraction of sp³-hybridized carbons (Fsp3) is 0. The molecule has 0 saturated heterocycles. The Morgan fingerprint density at radius 1 is 0.794 bits per heavy atom. The summed E-state index contributed by atoms with van der Waals surface area (Å²) in [5, 5.41) is 50.2. The average Bonchev–Trinajstić information content (AvgIpc) is 3.16. The van der Waals surface area contributed by atoms with Gasteiger partial charge >= 0.3 is 11.9 Å². The molecule has 12 heteroatoms. The summed E-state index contributed by atoms with van der Waals surface area (Å²) in [4.78, 5) is 53.2. The highest BCUT2D eigenvalue weighted by atomic mass is 16.7. The molecule has 5 rings (SSSR count). The molecule has 170 valence electrons. The van der Waals surface area contributed by atoms with Gasteiger partial charge in [-0.05, 0) is 29.8 Å². The van der Waals surface area contributed by atoms with Crippen molar-refractivity contribution in [2.45, 2.75) is 0 Å². The fourth-order valence-corrected chi connectivity index (χ4v) is 4.16. The number of aromatic hydroxyl groups is 4. The third-order valence-corrected chi connectivity index (χ3v) is 5.62. The number of carboxylic acid groups (broad SMARTS) is 1. The summed E-state index contributed by atoms with van der Waals surface area (Å²) in [6, 6.07) is 4.09. The zero-order chi connectivity index (χ0) is 24.6. The van der Waals surface area contributed by atoms with Crippen LogP contribution in [0.1, 0.15) is 41.4 Å². The minimum Gasteiger partial charge on any atom is -0.506 e. The van der Waals surface area contributed by atoms with Crippen molar-refractivity contribution in [2.75, 3.05) is 0 Å². The Labute approximate surface area is 186 Å². The van der Waals surface area contributed by atoms with E-state index in [-0.39, 0.29) is 38.6 Å². The van der Waals surface area contributed by atoms with Gasteiger partial charge in [-0.3, -0.25) is 9.59 Å². The standard InChI is InChI=1S/C22H11NO11/c23-34-22(32)8-4-12-16(19(28)14(8)21(30)31)15-11(33-12)3-6-5-1-9(24)10(25)2-7(5)17(26)20(29)13(6)18(15)27/h1-4,24-25,27-28H,23H2,(H,30,31). The van der Waals surface area contributed by atoms with Crippen molar-refractivity contribution in [1.29, 1.82) is 0 Å². The number of hydrogen-bond donors (Lipinski definition) is 6. The molecule has 0 radical (unpaired) electrons. The van der Waals surface area contributed by atoms with E-state index in [9.17, 15) is 44.7 Å². The highest BCUT2D eigenvalue weighted by Gasteiger charge is 2.37. The van der Waals surface area contributed by atoms with Crippen LogP contribution < -0.4 is 5.90 Å². The number of ketones is 2. The van der Waals surface area contributed by atoms with Crippen molar-refractivity contribution in [3.63, 3.8) is 0 Å². The molecule has 0 amide bonds. The summed E-state index contributed by atoms with van der Waals surface area (Å²) in [6.45, 7) is 0. The van der Waals surface area contributed by atoms with Crippen LogP contribution in [0.25, 0.3) is 33.1 Å². The molecule has 0 bridgehead atoms. The number of phenolic OH excluding ortho intramolecular Hbond substituents is 3. The normalized spacial score (nSPS) is 12.6. The summed E-state index contributed by atoms with van der Waals surface area (Å²) in [6.07, 6.45) is 0. The van der Waals surface area contributed by atoms with Crippen molar-refractivity contribution in [1.82, 2.24) is 0 Å². The first kappa shape index (κ1) is 20.8. The van der Waals surface area contributed by atoms with Crippen LogP contribution in [0.15, 0.2) is 28.7 Å². The van der Waals surface area contributed by atoms with Crippen molar-refractivity contribution < 1.29 is 54.0 Å². The van der Waals surface area contributed by atoms with E-state index in [1.165, 1.54) is 6.07 Å². The third-order valence-electron chi connectivity index (χ3n) is 5.62. The van der Waals surface area contributed by atoms with Gasteiger partial charge in [0.1, 0.15) is 28.2 Å². The number of rotatable bonds is 2. The van der Waals surface area contributed by atoms with Gasteiger partial charge in [0.2, 0.25) is 11.6 Å². The molecule has 1 aliphatic carbocycles. The molecule has 0 aliphatic heterocycles. The van der Waals surface area contributed by atoms with E-state index in [4.69, 9.17) is 10.3 Å². The zero-order valence-electron chi connectivity index (χ0n) is 16.6. The number of aromatic carboxylic acids is 1. The Bertz CT molecular complexity index is 1660. The summed E-state index contributed by atoms with van der Waals surface area (Å²) in [5.74, 6) is -3.40. The Morgan fingerprint density at radius 2 is 1.38 bits per heavy atom. The molecule has 1 heterocycles. The topological polar surface area (TPSA) is 218 Å². The van der Waals surface area contributed by atoms with Crippen LogP contribution >= 0.6 is 0 Å². The van der Waals surface area contributed by atoms with Gasteiger partial charge < -0.3 is 34.8 Å². The number of carbonyl (C=O) groups excluding carboxylic acids is 3. The molecule has 0 atom stereocenters. The first-order valence-electron chi connectivity index (χ1n) is 9.34. The van der Waals surface area contributed by atoms with Crippen molar-refractivity contribution in [3.05, 3.63) is 46.5 Å². The van der Waals surface area contributed by atoms with Crippen LogP contribution in [0.2, 0.25) is 0 Å². The monoisotopic (exact) mass is 465 g/mol. The second-order valence-corrected chi connectivity index (χ2v) is 7.40. The smallest absolute Gasteiger partial charge is 0.357 e. The second kappa shape index (κ2) is 6.70. The molecule has 7 N–H and O–H groups in total. The molecule has 1 aliphatic rings. The molecular formula is C22H11NO11. The van der Waals surface area contributed by atoms with E-state index in [0.717, 1.165) is 18.2 Å². The molecule has 1 aromatic heterocycles. The molecule has 0 unspecified atom stereocenters. The van der Waals surface area contributed by atoms with E-state index in [2.05, 4.69) is 4.84 Å². The van der Waals surface area contributed by atoms with E-state index in [1.54, 1.807) is 0 Å². The first-order valence-corrected chi connectivity index (χ1v) is 9.34. The summed E-state index contributed by atoms with van der Waals surface area (Å²) in [7, 11) is 0. The van der Waals surface area contributed by atoms with Crippen molar-refractivity contribution in [2.24, 2.45) is 5.90 Å². The van der Waals surface area contributed by atoms with Crippen LogP contribution in [-0.4, -0.2) is 49.0 Å². The van der Waals surface area contributed by atoms with Gasteiger partial charge in [0.25, 0.3) is 0 Å². The predicted molar refractivity (Wildman–Crippen MR) is 111 cm³/mol. The fourth-order valence-electron chi connectivity index (χ4n) is 4.16. The lowest BCUT2D eigenvalue weighted by Gasteiger charge is -2.19. The number of furan rings is 1. The van der Waals surface area contributed by atoms with Gasteiger partial charge in [0.15, 0.2) is 11.5 Å². The van der Waals surface area contributed by atoms with Crippen LogP contribution in [0.5, 0.6) is 23.0 Å².